The number of hydrogen-bond acceptors (Lipinski definition) is 1. The molecular formula is C10H16ClF3O. The Hall–Kier alpha value is 0.0400. The van der Waals surface area contributed by atoms with Crippen molar-refractivity contribution in [2.24, 2.45) is 5.92 Å². The second-order valence-corrected chi connectivity index (χ2v) is 4.70. The van der Waals surface area contributed by atoms with E-state index >= 15 is 0 Å². The molecule has 1 rings (SSSR count). The van der Waals surface area contributed by atoms with Crippen LogP contribution in [0.15, 0.2) is 0 Å². The Morgan fingerprint density at radius 3 is 2.53 bits per heavy atom. The average molecular weight is 245 g/mol. The van der Waals surface area contributed by atoms with Crippen molar-refractivity contribution in [1.82, 2.24) is 0 Å². The maximum absolute atomic E-state index is 11.7. The van der Waals surface area contributed by atoms with Crippen molar-refractivity contribution >= 4 is 11.6 Å². The summed E-state index contributed by atoms with van der Waals surface area (Å²) in [6.45, 7) is -0.932. The van der Waals surface area contributed by atoms with E-state index in [1.165, 1.54) is 0 Å². The highest BCUT2D eigenvalue weighted by Crippen LogP contribution is 2.32. The Bertz CT molecular complexity index is 184. The zero-order valence-electron chi connectivity index (χ0n) is 8.52. The Morgan fingerprint density at radius 2 is 2.00 bits per heavy atom. The van der Waals surface area contributed by atoms with Crippen molar-refractivity contribution in [2.45, 2.75) is 43.7 Å². The minimum absolute atomic E-state index is 0.197. The highest BCUT2D eigenvalue weighted by molar-refractivity contribution is 6.20. The van der Waals surface area contributed by atoms with E-state index in [1.54, 1.807) is 0 Å². The Balaban J connectivity index is 1.93. The lowest BCUT2D eigenvalue weighted by Gasteiger charge is -2.10. The predicted molar refractivity (Wildman–Crippen MR) is 53.1 cm³/mol. The summed E-state index contributed by atoms with van der Waals surface area (Å²) in [5.74, 6) is 0.585. The molecule has 5 heteroatoms. The monoisotopic (exact) mass is 244 g/mol. The van der Waals surface area contributed by atoms with Gasteiger partial charge in [-0.05, 0) is 38.0 Å². The number of rotatable bonds is 5. The van der Waals surface area contributed by atoms with Gasteiger partial charge in [-0.25, -0.2) is 0 Å². The molecule has 90 valence electrons. The van der Waals surface area contributed by atoms with Crippen LogP contribution in [0.1, 0.15) is 32.1 Å². The standard InChI is InChI=1S/C10H16ClF3O/c11-9-4-3-8(6-9)2-1-5-15-7-10(12,13)14/h8-9H,1-7H2. The van der Waals surface area contributed by atoms with Crippen LogP contribution in [0, 0.1) is 5.92 Å². The first kappa shape index (κ1) is 13.1. The fraction of sp³-hybridized carbons (Fsp3) is 1.00. The molecule has 2 unspecified atom stereocenters. The van der Waals surface area contributed by atoms with Gasteiger partial charge in [-0.3, -0.25) is 0 Å². The summed E-state index contributed by atoms with van der Waals surface area (Å²) in [6, 6.07) is 0. The molecular weight excluding hydrogens is 229 g/mol. The van der Waals surface area contributed by atoms with E-state index in [2.05, 4.69) is 4.74 Å². The predicted octanol–water partition coefficient (Wildman–Crippen LogP) is 3.75. The van der Waals surface area contributed by atoms with Gasteiger partial charge in [-0.15, -0.1) is 11.6 Å². The van der Waals surface area contributed by atoms with Gasteiger partial charge < -0.3 is 4.74 Å². The second kappa shape index (κ2) is 5.94. The van der Waals surface area contributed by atoms with Crippen molar-refractivity contribution in [1.29, 1.82) is 0 Å². The summed E-state index contributed by atoms with van der Waals surface area (Å²) < 4.78 is 39.6. The number of hydrogen-bond donors (Lipinski definition) is 0. The van der Waals surface area contributed by atoms with Crippen LogP contribution in [0.4, 0.5) is 13.2 Å². The quantitative estimate of drug-likeness (QED) is 0.529. The average Bonchev–Trinajstić information content (AvgIpc) is 2.49. The van der Waals surface area contributed by atoms with E-state index in [0.717, 1.165) is 25.7 Å². The maximum Gasteiger partial charge on any atom is 0.411 e. The molecule has 0 aliphatic heterocycles. The molecule has 1 aliphatic carbocycles. The first-order valence-corrected chi connectivity index (χ1v) is 5.69. The zero-order valence-corrected chi connectivity index (χ0v) is 9.28. The van der Waals surface area contributed by atoms with Gasteiger partial charge in [0.1, 0.15) is 6.61 Å². The lowest BCUT2D eigenvalue weighted by Crippen LogP contribution is -2.17. The van der Waals surface area contributed by atoms with E-state index < -0.39 is 12.8 Å². The molecule has 1 fully saturated rings. The van der Waals surface area contributed by atoms with E-state index in [-0.39, 0.29) is 12.0 Å². The van der Waals surface area contributed by atoms with Crippen molar-refractivity contribution in [3.63, 3.8) is 0 Å². The van der Waals surface area contributed by atoms with Gasteiger partial charge >= 0.3 is 6.18 Å². The molecule has 0 heterocycles. The van der Waals surface area contributed by atoms with Crippen LogP contribution in [-0.2, 0) is 4.74 Å². The van der Waals surface area contributed by atoms with Gasteiger partial charge in [-0.1, -0.05) is 0 Å². The molecule has 15 heavy (non-hydrogen) atoms. The smallest absolute Gasteiger partial charge is 0.372 e. The van der Waals surface area contributed by atoms with Crippen LogP contribution in [0.3, 0.4) is 0 Å². The highest BCUT2D eigenvalue weighted by atomic mass is 35.5. The van der Waals surface area contributed by atoms with Crippen molar-refractivity contribution in [3.05, 3.63) is 0 Å². The van der Waals surface area contributed by atoms with Crippen molar-refractivity contribution in [3.8, 4) is 0 Å². The molecule has 0 aromatic heterocycles. The van der Waals surface area contributed by atoms with Crippen molar-refractivity contribution < 1.29 is 17.9 Å². The minimum Gasteiger partial charge on any atom is -0.372 e. The van der Waals surface area contributed by atoms with E-state index in [0.29, 0.717) is 12.3 Å². The van der Waals surface area contributed by atoms with Gasteiger partial charge in [-0.2, -0.15) is 13.2 Å². The van der Waals surface area contributed by atoms with E-state index in [4.69, 9.17) is 11.6 Å². The molecule has 1 aliphatic rings. The fourth-order valence-electron chi connectivity index (χ4n) is 1.94. The maximum atomic E-state index is 11.7. The highest BCUT2D eigenvalue weighted by Gasteiger charge is 2.27. The third-order valence-electron chi connectivity index (χ3n) is 2.64. The van der Waals surface area contributed by atoms with E-state index in [1.807, 2.05) is 0 Å². The zero-order chi connectivity index (χ0) is 11.3. The molecule has 0 bridgehead atoms. The molecule has 0 aromatic carbocycles. The van der Waals surface area contributed by atoms with Gasteiger partial charge in [0.25, 0.3) is 0 Å². The third kappa shape index (κ3) is 6.25. The second-order valence-electron chi connectivity index (χ2n) is 4.09. The van der Waals surface area contributed by atoms with Gasteiger partial charge in [0, 0.05) is 12.0 Å². The molecule has 0 spiro atoms. The summed E-state index contributed by atoms with van der Waals surface area (Å²) in [4.78, 5) is 0. The van der Waals surface area contributed by atoms with Crippen LogP contribution in [0.5, 0.6) is 0 Å². The van der Waals surface area contributed by atoms with Crippen LogP contribution < -0.4 is 0 Å². The normalized spacial score (nSPS) is 27.2. The fourth-order valence-corrected chi connectivity index (χ4v) is 2.32. The third-order valence-corrected chi connectivity index (χ3v) is 3.04. The minimum atomic E-state index is -4.20. The van der Waals surface area contributed by atoms with Crippen LogP contribution >= 0.6 is 11.6 Å². The molecule has 1 nitrogen and oxygen atoms in total. The number of ether oxygens (including phenoxy) is 1. The first-order valence-electron chi connectivity index (χ1n) is 5.26. The lowest BCUT2D eigenvalue weighted by molar-refractivity contribution is -0.174. The van der Waals surface area contributed by atoms with Crippen molar-refractivity contribution in [2.75, 3.05) is 13.2 Å². The molecule has 1 saturated carbocycles. The molecule has 2 atom stereocenters. The van der Waals surface area contributed by atoms with Crippen LogP contribution in [-0.4, -0.2) is 24.8 Å². The Kier molecular flexibility index (Phi) is 5.19. The largest absolute Gasteiger partial charge is 0.411 e. The molecule has 0 saturated heterocycles. The lowest BCUT2D eigenvalue weighted by atomic mass is 10.0. The first-order chi connectivity index (χ1) is 6.97. The van der Waals surface area contributed by atoms with E-state index in [9.17, 15) is 13.2 Å². The molecule has 0 N–H and O–H groups in total. The van der Waals surface area contributed by atoms with Gasteiger partial charge in [0.2, 0.25) is 0 Å². The summed E-state index contributed by atoms with van der Waals surface area (Å²) >= 11 is 5.93. The summed E-state index contributed by atoms with van der Waals surface area (Å²) in [5, 5.41) is 0.270. The number of halogens is 4. The molecule has 0 amide bonds. The Morgan fingerprint density at radius 1 is 1.27 bits per heavy atom. The summed E-state index contributed by atoms with van der Waals surface area (Å²) in [5.41, 5.74) is 0. The van der Waals surface area contributed by atoms with Crippen LogP contribution in [0.2, 0.25) is 0 Å². The molecule has 0 radical (unpaired) electrons. The summed E-state index contributed by atoms with van der Waals surface area (Å²) in [7, 11) is 0. The van der Waals surface area contributed by atoms with Gasteiger partial charge in [0.05, 0.1) is 0 Å². The van der Waals surface area contributed by atoms with Crippen LogP contribution in [0.25, 0.3) is 0 Å². The van der Waals surface area contributed by atoms with Gasteiger partial charge in [0.15, 0.2) is 0 Å². The SMILES string of the molecule is FC(F)(F)COCCCC1CCC(Cl)C1. The number of alkyl halides is 4. The molecule has 0 aromatic rings. The Labute approximate surface area is 92.9 Å². The topological polar surface area (TPSA) is 9.23 Å². The summed E-state index contributed by atoms with van der Waals surface area (Å²) in [6.07, 6.45) is 0.573.